The molecule has 4 aromatic rings. The summed E-state index contributed by atoms with van der Waals surface area (Å²) in [5.41, 5.74) is 5.45. The molecule has 0 spiro atoms. The molecule has 0 bridgehead atoms. The van der Waals surface area contributed by atoms with Gasteiger partial charge in [0.1, 0.15) is 30.8 Å². The standard InChI is InChI=1S/C33H31BrN2O4S/c1-41-16-15-30(33(37)38)36-20-26-13-14-28(18-31(26)40-21-24-8-5-7-23(17-24)19-35)39-22-27-11-6-12-29(32(27)34)25-9-3-2-4-10-25/h2-14,17-18,30,36H,15-16,20-22H2,1H3,(H,37,38). The highest BCUT2D eigenvalue weighted by molar-refractivity contribution is 9.10. The minimum absolute atomic E-state index is 0.255. The average molecular weight is 632 g/mol. The van der Waals surface area contributed by atoms with Gasteiger partial charge in [0, 0.05) is 28.2 Å². The number of carboxylic acid groups (broad SMARTS) is 1. The minimum atomic E-state index is -0.877. The lowest BCUT2D eigenvalue weighted by atomic mass is 10.0. The number of halogens is 1. The summed E-state index contributed by atoms with van der Waals surface area (Å²) in [5, 5.41) is 22.0. The van der Waals surface area contributed by atoms with Crippen LogP contribution < -0.4 is 14.8 Å². The van der Waals surface area contributed by atoms with E-state index in [1.807, 2.05) is 66.9 Å². The Morgan fingerprint density at radius 1 is 0.976 bits per heavy atom. The Morgan fingerprint density at radius 3 is 2.54 bits per heavy atom. The Balaban J connectivity index is 1.53. The van der Waals surface area contributed by atoms with E-state index in [-0.39, 0.29) is 6.61 Å². The fraction of sp³-hybridized carbons (Fsp3) is 0.212. The number of ether oxygens (including phenoxy) is 2. The highest BCUT2D eigenvalue weighted by atomic mass is 79.9. The van der Waals surface area contributed by atoms with E-state index >= 15 is 0 Å². The third kappa shape index (κ3) is 8.61. The van der Waals surface area contributed by atoms with Crippen LogP contribution >= 0.6 is 27.7 Å². The molecule has 1 unspecified atom stereocenters. The maximum Gasteiger partial charge on any atom is 0.320 e. The van der Waals surface area contributed by atoms with Crippen molar-refractivity contribution < 1.29 is 19.4 Å². The Bertz CT molecular complexity index is 1510. The number of thioether (sulfide) groups is 1. The van der Waals surface area contributed by atoms with Crippen molar-refractivity contribution in [3.63, 3.8) is 0 Å². The van der Waals surface area contributed by atoms with Crippen LogP contribution in [0.25, 0.3) is 11.1 Å². The summed E-state index contributed by atoms with van der Waals surface area (Å²) in [5.74, 6) is 1.08. The first kappa shape index (κ1) is 30.2. The first-order valence-electron chi connectivity index (χ1n) is 13.1. The summed E-state index contributed by atoms with van der Waals surface area (Å²) in [7, 11) is 0. The number of carbonyl (C=O) groups is 1. The molecule has 0 aliphatic rings. The van der Waals surface area contributed by atoms with E-state index in [0.29, 0.717) is 36.6 Å². The third-order valence-electron chi connectivity index (χ3n) is 6.49. The van der Waals surface area contributed by atoms with Gasteiger partial charge >= 0.3 is 5.97 Å². The van der Waals surface area contributed by atoms with Crippen molar-refractivity contribution in [3.8, 4) is 28.7 Å². The zero-order chi connectivity index (χ0) is 29.0. The predicted octanol–water partition coefficient (Wildman–Crippen LogP) is 7.44. The van der Waals surface area contributed by atoms with E-state index in [9.17, 15) is 15.2 Å². The topological polar surface area (TPSA) is 91.6 Å². The van der Waals surface area contributed by atoms with Gasteiger partial charge in [-0.2, -0.15) is 17.0 Å². The first-order chi connectivity index (χ1) is 20.0. The lowest BCUT2D eigenvalue weighted by molar-refractivity contribution is -0.139. The molecule has 0 radical (unpaired) electrons. The average Bonchev–Trinajstić information content (AvgIpc) is 3.00. The molecule has 41 heavy (non-hydrogen) atoms. The van der Waals surface area contributed by atoms with Crippen LogP contribution in [0.1, 0.15) is 28.7 Å². The Morgan fingerprint density at radius 2 is 1.78 bits per heavy atom. The van der Waals surface area contributed by atoms with Crippen molar-refractivity contribution in [1.82, 2.24) is 5.32 Å². The van der Waals surface area contributed by atoms with Crippen molar-refractivity contribution in [2.45, 2.75) is 32.2 Å². The number of hydrogen-bond acceptors (Lipinski definition) is 6. The van der Waals surface area contributed by atoms with E-state index < -0.39 is 12.0 Å². The largest absolute Gasteiger partial charge is 0.489 e. The van der Waals surface area contributed by atoms with Gasteiger partial charge in [-0.3, -0.25) is 4.79 Å². The number of nitrogens with one attached hydrogen (secondary N) is 1. The number of rotatable bonds is 14. The van der Waals surface area contributed by atoms with Crippen molar-refractivity contribution in [3.05, 3.63) is 118 Å². The van der Waals surface area contributed by atoms with E-state index in [0.717, 1.165) is 38.0 Å². The summed E-state index contributed by atoms with van der Waals surface area (Å²) in [6.07, 6.45) is 2.48. The fourth-order valence-electron chi connectivity index (χ4n) is 4.27. The van der Waals surface area contributed by atoms with E-state index in [2.05, 4.69) is 45.5 Å². The number of hydrogen-bond donors (Lipinski definition) is 2. The molecule has 2 N–H and O–H groups in total. The number of benzene rings is 4. The highest BCUT2D eigenvalue weighted by Gasteiger charge is 2.18. The second kappa shape index (κ2) is 15.3. The van der Waals surface area contributed by atoms with Crippen LogP contribution in [0, 0.1) is 11.3 Å². The summed E-state index contributed by atoms with van der Waals surface area (Å²) < 4.78 is 13.4. The lowest BCUT2D eigenvalue weighted by Crippen LogP contribution is -2.36. The van der Waals surface area contributed by atoms with Crippen LogP contribution in [-0.4, -0.2) is 29.1 Å². The van der Waals surface area contributed by atoms with Gasteiger partial charge in [-0.1, -0.05) is 66.7 Å². The SMILES string of the molecule is CSCCC(NCc1ccc(OCc2cccc(-c3ccccc3)c2Br)cc1OCc1cccc(C#N)c1)C(=O)O. The molecular formula is C33H31BrN2O4S. The second-order valence-electron chi connectivity index (χ2n) is 9.36. The second-order valence-corrected chi connectivity index (χ2v) is 11.1. The van der Waals surface area contributed by atoms with Gasteiger partial charge in [-0.25, -0.2) is 0 Å². The van der Waals surface area contributed by atoms with Crippen LogP contribution in [0.15, 0.2) is 95.5 Å². The fourth-order valence-corrected chi connectivity index (χ4v) is 5.35. The zero-order valence-electron chi connectivity index (χ0n) is 22.7. The molecule has 0 aliphatic heterocycles. The Labute approximate surface area is 253 Å². The quantitative estimate of drug-likeness (QED) is 0.150. The zero-order valence-corrected chi connectivity index (χ0v) is 25.1. The molecule has 4 rings (SSSR count). The van der Waals surface area contributed by atoms with Crippen molar-refractivity contribution in [2.24, 2.45) is 0 Å². The van der Waals surface area contributed by atoms with Crippen LogP contribution in [0.3, 0.4) is 0 Å². The summed E-state index contributed by atoms with van der Waals surface area (Å²) in [4.78, 5) is 11.7. The molecule has 0 amide bonds. The lowest BCUT2D eigenvalue weighted by Gasteiger charge is -2.18. The maximum atomic E-state index is 11.7. The monoisotopic (exact) mass is 630 g/mol. The Kier molecular flexibility index (Phi) is 11.3. The van der Waals surface area contributed by atoms with Gasteiger partial charge in [0.15, 0.2) is 0 Å². The van der Waals surface area contributed by atoms with Gasteiger partial charge < -0.3 is 19.9 Å². The minimum Gasteiger partial charge on any atom is -0.489 e. The van der Waals surface area contributed by atoms with Crippen molar-refractivity contribution in [1.29, 1.82) is 5.26 Å². The molecule has 4 aromatic carbocycles. The molecule has 0 aliphatic carbocycles. The van der Waals surface area contributed by atoms with Crippen LogP contribution in [0.5, 0.6) is 11.5 Å². The number of nitrogens with zero attached hydrogens (tertiary/aromatic N) is 1. The summed E-state index contributed by atoms with van der Waals surface area (Å²) >= 11 is 5.37. The molecule has 0 saturated carbocycles. The van der Waals surface area contributed by atoms with E-state index in [1.165, 1.54) is 0 Å². The number of aliphatic carboxylic acids is 1. The summed E-state index contributed by atoms with van der Waals surface area (Å²) in [6.45, 7) is 0.924. The highest BCUT2D eigenvalue weighted by Crippen LogP contribution is 2.32. The van der Waals surface area contributed by atoms with E-state index in [1.54, 1.807) is 23.9 Å². The molecule has 8 heteroatoms. The normalized spacial score (nSPS) is 11.4. The molecule has 0 fully saturated rings. The van der Waals surface area contributed by atoms with Gasteiger partial charge in [0.2, 0.25) is 0 Å². The number of carboxylic acids is 1. The van der Waals surface area contributed by atoms with Gasteiger partial charge in [0.05, 0.1) is 11.6 Å². The summed E-state index contributed by atoms with van der Waals surface area (Å²) in [6, 6.07) is 30.6. The molecule has 0 heterocycles. The third-order valence-corrected chi connectivity index (χ3v) is 8.07. The van der Waals surface area contributed by atoms with Crippen molar-refractivity contribution in [2.75, 3.05) is 12.0 Å². The van der Waals surface area contributed by atoms with Crippen LogP contribution in [0.2, 0.25) is 0 Å². The molecule has 1 atom stereocenters. The maximum absolute atomic E-state index is 11.7. The van der Waals surface area contributed by atoms with Crippen LogP contribution in [-0.2, 0) is 24.6 Å². The Hall–Kier alpha value is -3.77. The molecule has 210 valence electrons. The predicted molar refractivity (Wildman–Crippen MR) is 167 cm³/mol. The van der Waals surface area contributed by atoms with Gasteiger partial charge in [-0.05, 0) is 69.2 Å². The van der Waals surface area contributed by atoms with Crippen LogP contribution in [0.4, 0.5) is 0 Å². The first-order valence-corrected chi connectivity index (χ1v) is 15.3. The molecule has 0 saturated heterocycles. The molecular weight excluding hydrogens is 600 g/mol. The van der Waals surface area contributed by atoms with Crippen molar-refractivity contribution >= 4 is 33.7 Å². The molecule has 6 nitrogen and oxygen atoms in total. The van der Waals surface area contributed by atoms with Gasteiger partial charge in [-0.15, -0.1) is 0 Å². The van der Waals surface area contributed by atoms with E-state index in [4.69, 9.17) is 9.47 Å². The number of nitriles is 1. The molecule has 0 aromatic heterocycles. The smallest absolute Gasteiger partial charge is 0.320 e. The van der Waals surface area contributed by atoms with Gasteiger partial charge in [0.25, 0.3) is 0 Å².